The molecule has 0 saturated carbocycles. The number of para-hydroxylation sites is 1. The van der Waals surface area contributed by atoms with E-state index in [1.807, 2.05) is 34.9 Å². The maximum Gasteiger partial charge on any atom is 0.251 e. The lowest BCUT2D eigenvalue weighted by Gasteiger charge is -2.14. The van der Waals surface area contributed by atoms with Crippen molar-refractivity contribution in [1.82, 2.24) is 9.88 Å². The Morgan fingerprint density at radius 3 is 2.94 bits per heavy atom. The van der Waals surface area contributed by atoms with Crippen molar-refractivity contribution in [2.75, 3.05) is 6.54 Å². The Balaban J connectivity index is 2.06. The quantitative estimate of drug-likeness (QED) is 0.849. The van der Waals surface area contributed by atoms with Crippen LogP contribution in [-0.2, 0) is 6.54 Å². The van der Waals surface area contributed by atoms with Gasteiger partial charge in [0.05, 0.1) is 5.52 Å². The van der Waals surface area contributed by atoms with Crippen molar-refractivity contribution in [3.63, 3.8) is 0 Å². The highest BCUT2D eigenvalue weighted by molar-refractivity contribution is 5.78. The number of hydrogen-bond acceptors (Lipinski definition) is 2. The van der Waals surface area contributed by atoms with Gasteiger partial charge < -0.3 is 9.88 Å². The van der Waals surface area contributed by atoms with Crippen molar-refractivity contribution < 1.29 is 0 Å². The topological polar surface area (TPSA) is 34.0 Å². The third-order valence-electron chi connectivity index (χ3n) is 3.46. The maximum absolute atomic E-state index is 12.0. The number of aromatic nitrogens is 1. The minimum absolute atomic E-state index is 0.0948. The van der Waals surface area contributed by atoms with Crippen molar-refractivity contribution in [2.45, 2.75) is 25.4 Å². The van der Waals surface area contributed by atoms with Crippen molar-refractivity contribution in [3.8, 4) is 0 Å². The number of benzene rings is 1. The number of pyridine rings is 1. The molecule has 1 aliphatic heterocycles. The van der Waals surface area contributed by atoms with Crippen LogP contribution in [0.25, 0.3) is 10.9 Å². The molecule has 0 bridgehead atoms. The van der Waals surface area contributed by atoms with Crippen LogP contribution in [0.1, 0.15) is 12.8 Å². The fourth-order valence-corrected chi connectivity index (χ4v) is 2.57. The number of fused-ring (bicyclic) bond motifs is 1. The highest BCUT2D eigenvalue weighted by Crippen LogP contribution is 2.13. The lowest BCUT2D eigenvalue weighted by Crippen LogP contribution is -2.32. The molecule has 2 aromatic rings. The molecular weight excluding hydrogens is 212 g/mol. The molecule has 1 saturated heterocycles. The number of nitrogens with one attached hydrogen (secondary N) is 1. The average molecular weight is 228 g/mol. The van der Waals surface area contributed by atoms with Gasteiger partial charge in [-0.3, -0.25) is 4.79 Å². The molecule has 1 fully saturated rings. The first kappa shape index (κ1) is 10.5. The molecule has 1 aromatic heterocycles. The van der Waals surface area contributed by atoms with Gasteiger partial charge in [-0.05, 0) is 36.9 Å². The monoisotopic (exact) mass is 228 g/mol. The molecule has 0 amide bonds. The summed E-state index contributed by atoms with van der Waals surface area (Å²) in [7, 11) is 0. The molecule has 0 radical (unpaired) electrons. The molecule has 1 aliphatic rings. The summed E-state index contributed by atoms with van der Waals surface area (Å²) >= 11 is 0. The zero-order valence-electron chi connectivity index (χ0n) is 9.73. The van der Waals surface area contributed by atoms with E-state index < -0.39 is 0 Å². The number of hydrogen-bond donors (Lipinski definition) is 1. The van der Waals surface area contributed by atoms with Crippen LogP contribution >= 0.6 is 0 Å². The van der Waals surface area contributed by atoms with Gasteiger partial charge in [-0.25, -0.2) is 0 Å². The third-order valence-corrected chi connectivity index (χ3v) is 3.46. The van der Waals surface area contributed by atoms with Gasteiger partial charge in [0, 0.05) is 18.7 Å². The van der Waals surface area contributed by atoms with Gasteiger partial charge in [-0.1, -0.05) is 18.2 Å². The van der Waals surface area contributed by atoms with Crippen LogP contribution in [0.5, 0.6) is 0 Å². The summed E-state index contributed by atoms with van der Waals surface area (Å²) in [6.07, 6.45) is 2.37. The summed E-state index contributed by atoms with van der Waals surface area (Å²) < 4.78 is 1.89. The summed E-state index contributed by atoms with van der Waals surface area (Å²) in [5.74, 6) is 0. The summed E-state index contributed by atoms with van der Waals surface area (Å²) in [5.41, 5.74) is 1.13. The maximum atomic E-state index is 12.0. The van der Waals surface area contributed by atoms with E-state index in [1.165, 1.54) is 6.42 Å². The van der Waals surface area contributed by atoms with E-state index in [0.717, 1.165) is 30.4 Å². The number of nitrogens with zero attached hydrogens (tertiary/aromatic N) is 1. The van der Waals surface area contributed by atoms with Gasteiger partial charge >= 0.3 is 0 Å². The van der Waals surface area contributed by atoms with E-state index in [2.05, 4.69) is 5.32 Å². The first-order valence-electron chi connectivity index (χ1n) is 6.16. The van der Waals surface area contributed by atoms with Crippen LogP contribution in [0, 0.1) is 0 Å². The first-order chi connectivity index (χ1) is 8.34. The average Bonchev–Trinajstić information content (AvgIpc) is 2.86. The fourth-order valence-electron chi connectivity index (χ4n) is 2.57. The van der Waals surface area contributed by atoms with Crippen LogP contribution in [-0.4, -0.2) is 17.2 Å². The first-order valence-corrected chi connectivity index (χ1v) is 6.16. The molecule has 1 N–H and O–H groups in total. The van der Waals surface area contributed by atoms with Gasteiger partial charge in [-0.15, -0.1) is 0 Å². The molecule has 3 heteroatoms. The molecule has 1 atom stereocenters. The van der Waals surface area contributed by atoms with E-state index in [4.69, 9.17) is 0 Å². The zero-order chi connectivity index (χ0) is 11.7. The second kappa shape index (κ2) is 4.34. The molecule has 1 unspecified atom stereocenters. The molecule has 2 heterocycles. The Bertz CT molecular complexity index is 582. The van der Waals surface area contributed by atoms with Crippen molar-refractivity contribution in [1.29, 1.82) is 0 Å². The van der Waals surface area contributed by atoms with E-state index in [0.29, 0.717) is 6.04 Å². The minimum Gasteiger partial charge on any atom is -0.312 e. The normalized spacial score (nSPS) is 19.9. The second-order valence-electron chi connectivity index (χ2n) is 4.63. The molecule has 0 spiro atoms. The van der Waals surface area contributed by atoms with Gasteiger partial charge in [0.2, 0.25) is 0 Å². The van der Waals surface area contributed by atoms with Crippen LogP contribution < -0.4 is 10.9 Å². The summed E-state index contributed by atoms with van der Waals surface area (Å²) in [5, 5.41) is 4.57. The molecule has 3 nitrogen and oxygen atoms in total. The van der Waals surface area contributed by atoms with Crippen LogP contribution in [0.3, 0.4) is 0 Å². The van der Waals surface area contributed by atoms with Crippen LogP contribution in [0.2, 0.25) is 0 Å². The predicted octanol–water partition coefficient (Wildman–Crippen LogP) is 1.75. The second-order valence-corrected chi connectivity index (χ2v) is 4.63. The zero-order valence-corrected chi connectivity index (χ0v) is 9.73. The molecular formula is C14H16N2O. The van der Waals surface area contributed by atoms with Gasteiger partial charge in [-0.2, -0.15) is 0 Å². The molecule has 0 aliphatic carbocycles. The molecule has 17 heavy (non-hydrogen) atoms. The summed E-state index contributed by atoms with van der Waals surface area (Å²) in [6.45, 7) is 1.85. The van der Waals surface area contributed by atoms with E-state index >= 15 is 0 Å². The molecule has 88 valence electrons. The van der Waals surface area contributed by atoms with E-state index in [1.54, 1.807) is 6.07 Å². The Morgan fingerprint density at radius 2 is 2.12 bits per heavy atom. The van der Waals surface area contributed by atoms with Gasteiger partial charge in [0.1, 0.15) is 0 Å². The van der Waals surface area contributed by atoms with Crippen LogP contribution in [0.15, 0.2) is 41.2 Å². The third kappa shape index (κ3) is 1.98. The van der Waals surface area contributed by atoms with Gasteiger partial charge in [0.25, 0.3) is 5.56 Å². The highest BCUT2D eigenvalue weighted by Gasteiger charge is 2.15. The SMILES string of the molecule is O=c1ccc2ccccc2n1CC1CCCN1. The Labute approximate surface area is 100 Å². The largest absolute Gasteiger partial charge is 0.312 e. The van der Waals surface area contributed by atoms with Crippen LogP contribution in [0.4, 0.5) is 0 Å². The predicted molar refractivity (Wildman–Crippen MR) is 69.2 cm³/mol. The number of rotatable bonds is 2. The van der Waals surface area contributed by atoms with Crippen molar-refractivity contribution in [3.05, 3.63) is 46.8 Å². The Kier molecular flexibility index (Phi) is 2.69. The van der Waals surface area contributed by atoms with E-state index in [9.17, 15) is 4.79 Å². The molecule has 3 rings (SSSR count). The van der Waals surface area contributed by atoms with Gasteiger partial charge in [0.15, 0.2) is 0 Å². The lowest BCUT2D eigenvalue weighted by atomic mass is 10.2. The Hall–Kier alpha value is -1.61. The smallest absolute Gasteiger partial charge is 0.251 e. The van der Waals surface area contributed by atoms with E-state index in [-0.39, 0.29) is 5.56 Å². The standard InChI is InChI=1S/C14H16N2O/c17-14-8-7-11-4-1-2-6-13(11)16(14)10-12-5-3-9-15-12/h1-2,4,6-8,12,15H,3,5,9-10H2. The van der Waals surface area contributed by atoms with Crippen molar-refractivity contribution >= 4 is 10.9 Å². The Morgan fingerprint density at radius 1 is 1.24 bits per heavy atom. The summed E-state index contributed by atoms with van der Waals surface area (Å²) in [4.78, 5) is 12.0. The molecule has 1 aromatic carbocycles. The lowest BCUT2D eigenvalue weighted by molar-refractivity contribution is 0.510. The highest BCUT2D eigenvalue weighted by atomic mass is 16.1. The summed E-state index contributed by atoms with van der Waals surface area (Å²) in [6, 6.07) is 12.1. The van der Waals surface area contributed by atoms with Crippen molar-refractivity contribution in [2.24, 2.45) is 0 Å². The fraction of sp³-hybridized carbons (Fsp3) is 0.357. The minimum atomic E-state index is 0.0948.